The number of rotatable bonds is 6. The smallest absolute Gasteiger partial charge is 0.407 e. The number of nitrogens with one attached hydrogen (secondary N) is 1. The van der Waals surface area contributed by atoms with E-state index in [2.05, 4.69) is 5.32 Å². The largest absolute Gasteiger partial charge is 0.450 e. The molecule has 0 saturated heterocycles. The van der Waals surface area contributed by atoms with E-state index in [-0.39, 0.29) is 18.2 Å². The Labute approximate surface area is 92.0 Å². The van der Waals surface area contributed by atoms with Crippen molar-refractivity contribution in [1.82, 2.24) is 5.32 Å². The standard InChI is InChI=1S/C11H23NO3/c1-11(2,3)12-10(14)15-9-7-5-4-6-8-13/h13H,4-9H2,1-3H3,(H,12,14). The molecule has 0 aromatic carbocycles. The van der Waals surface area contributed by atoms with E-state index in [1.54, 1.807) is 0 Å². The summed E-state index contributed by atoms with van der Waals surface area (Å²) in [5, 5.41) is 11.3. The Bertz CT molecular complexity index is 175. The van der Waals surface area contributed by atoms with Crippen LogP contribution in [0.25, 0.3) is 0 Å². The molecule has 4 nitrogen and oxygen atoms in total. The van der Waals surface area contributed by atoms with Gasteiger partial charge in [-0.15, -0.1) is 0 Å². The zero-order valence-electron chi connectivity index (χ0n) is 10.0. The average molecular weight is 217 g/mol. The van der Waals surface area contributed by atoms with Gasteiger partial charge in [-0.25, -0.2) is 4.79 Å². The van der Waals surface area contributed by atoms with Gasteiger partial charge in [-0.2, -0.15) is 0 Å². The van der Waals surface area contributed by atoms with Crippen molar-refractivity contribution >= 4 is 6.09 Å². The second-order valence-electron chi connectivity index (χ2n) is 4.65. The first-order valence-corrected chi connectivity index (χ1v) is 5.51. The molecule has 90 valence electrons. The first kappa shape index (κ1) is 14.2. The molecule has 0 bridgehead atoms. The first-order valence-electron chi connectivity index (χ1n) is 5.51. The summed E-state index contributed by atoms with van der Waals surface area (Å²) in [4.78, 5) is 11.2. The maximum absolute atomic E-state index is 11.2. The van der Waals surface area contributed by atoms with Gasteiger partial charge in [0, 0.05) is 12.1 Å². The van der Waals surface area contributed by atoms with E-state index < -0.39 is 0 Å². The van der Waals surface area contributed by atoms with Crippen molar-refractivity contribution in [2.75, 3.05) is 13.2 Å². The van der Waals surface area contributed by atoms with E-state index in [4.69, 9.17) is 9.84 Å². The van der Waals surface area contributed by atoms with Crippen molar-refractivity contribution in [3.05, 3.63) is 0 Å². The number of carbonyl (C=O) groups excluding carboxylic acids is 1. The normalized spacial score (nSPS) is 11.2. The number of hydrogen-bond acceptors (Lipinski definition) is 3. The molecular formula is C11H23NO3. The van der Waals surface area contributed by atoms with Gasteiger partial charge >= 0.3 is 6.09 Å². The highest BCUT2D eigenvalue weighted by molar-refractivity contribution is 5.67. The zero-order chi connectivity index (χ0) is 11.7. The fourth-order valence-electron chi connectivity index (χ4n) is 1.07. The van der Waals surface area contributed by atoms with Crippen LogP contribution in [0.3, 0.4) is 0 Å². The minimum atomic E-state index is -0.357. The molecule has 0 aliphatic carbocycles. The van der Waals surface area contributed by atoms with Gasteiger partial charge in [-0.1, -0.05) is 6.42 Å². The number of ether oxygens (including phenoxy) is 1. The van der Waals surface area contributed by atoms with E-state index in [1.807, 2.05) is 20.8 Å². The second kappa shape index (κ2) is 7.51. The summed E-state index contributed by atoms with van der Waals surface area (Å²) in [6.07, 6.45) is 3.31. The summed E-state index contributed by atoms with van der Waals surface area (Å²) in [6.45, 7) is 6.43. The van der Waals surface area contributed by atoms with Crippen LogP contribution >= 0.6 is 0 Å². The van der Waals surface area contributed by atoms with Gasteiger partial charge < -0.3 is 15.2 Å². The summed E-state index contributed by atoms with van der Waals surface area (Å²) in [5.41, 5.74) is -0.242. The van der Waals surface area contributed by atoms with Crippen LogP contribution in [-0.2, 0) is 4.74 Å². The molecule has 0 rings (SSSR count). The van der Waals surface area contributed by atoms with Crippen molar-refractivity contribution in [2.45, 2.75) is 52.0 Å². The minimum Gasteiger partial charge on any atom is -0.450 e. The Morgan fingerprint density at radius 3 is 2.33 bits per heavy atom. The zero-order valence-corrected chi connectivity index (χ0v) is 10.0. The molecule has 0 unspecified atom stereocenters. The molecule has 0 atom stereocenters. The third-order valence-corrected chi connectivity index (χ3v) is 1.76. The van der Waals surface area contributed by atoms with Crippen molar-refractivity contribution in [3.63, 3.8) is 0 Å². The van der Waals surface area contributed by atoms with Crippen LogP contribution in [0.4, 0.5) is 4.79 Å². The molecule has 0 heterocycles. The lowest BCUT2D eigenvalue weighted by atomic mass is 10.1. The van der Waals surface area contributed by atoms with Gasteiger partial charge in [-0.3, -0.25) is 0 Å². The van der Waals surface area contributed by atoms with Gasteiger partial charge in [0.15, 0.2) is 0 Å². The second-order valence-corrected chi connectivity index (χ2v) is 4.65. The van der Waals surface area contributed by atoms with Crippen LogP contribution in [0.5, 0.6) is 0 Å². The third kappa shape index (κ3) is 11.2. The highest BCUT2D eigenvalue weighted by Crippen LogP contribution is 2.01. The van der Waals surface area contributed by atoms with Crippen LogP contribution in [0.2, 0.25) is 0 Å². The molecule has 0 spiro atoms. The lowest BCUT2D eigenvalue weighted by Gasteiger charge is -2.19. The van der Waals surface area contributed by atoms with Crippen molar-refractivity contribution in [1.29, 1.82) is 0 Å². The fraction of sp³-hybridized carbons (Fsp3) is 0.909. The van der Waals surface area contributed by atoms with Gasteiger partial charge in [0.05, 0.1) is 6.61 Å². The van der Waals surface area contributed by atoms with Gasteiger partial charge in [0.1, 0.15) is 0 Å². The first-order chi connectivity index (χ1) is 6.95. The van der Waals surface area contributed by atoms with E-state index in [0.29, 0.717) is 6.61 Å². The maximum Gasteiger partial charge on any atom is 0.407 e. The number of hydrogen-bond donors (Lipinski definition) is 2. The Balaban J connectivity index is 3.32. The summed E-state index contributed by atoms with van der Waals surface area (Å²) >= 11 is 0. The number of carbonyl (C=O) groups is 1. The van der Waals surface area contributed by atoms with Crippen LogP contribution in [-0.4, -0.2) is 30.0 Å². The molecule has 0 aliphatic rings. The lowest BCUT2D eigenvalue weighted by Crippen LogP contribution is -2.41. The molecule has 15 heavy (non-hydrogen) atoms. The summed E-state index contributed by atoms with van der Waals surface area (Å²) < 4.78 is 4.99. The molecule has 0 aliphatic heterocycles. The number of unbranched alkanes of at least 4 members (excludes halogenated alkanes) is 3. The highest BCUT2D eigenvalue weighted by atomic mass is 16.5. The Hall–Kier alpha value is -0.770. The Morgan fingerprint density at radius 2 is 1.80 bits per heavy atom. The lowest BCUT2D eigenvalue weighted by molar-refractivity contribution is 0.135. The van der Waals surface area contributed by atoms with E-state index in [0.717, 1.165) is 25.7 Å². The van der Waals surface area contributed by atoms with Gasteiger partial charge in [0.25, 0.3) is 0 Å². The quantitative estimate of drug-likeness (QED) is 0.669. The monoisotopic (exact) mass is 217 g/mol. The molecular weight excluding hydrogens is 194 g/mol. The molecule has 0 aromatic heterocycles. The molecule has 0 saturated carbocycles. The Morgan fingerprint density at radius 1 is 1.20 bits per heavy atom. The van der Waals surface area contributed by atoms with E-state index in [1.165, 1.54) is 0 Å². The summed E-state index contributed by atoms with van der Waals surface area (Å²) in [5.74, 6) is 0. The molecule has 4 heteroatoms. The molecule has 0 fully saturated rings. The van der Waals surface area contributed by atoms with E-state index in [9.17, 15) is 4.79 Å². The topological polar surface area (TPSA) is 58.6 Å². The maximum atomic E-state index is 11.2. The van der Waals surface area contributed by atoms with Gasteiger partial charge in [-0.05, 0) is 40.0 Å². The van der Waals surface area contributed by atoms with Crippen LogP contribution in [0.15, 0.2) is 0 Å². The Kier molecular flexibility index (Phi) is 7.13. The average Bonchev–Trinajstić information content (AvgIpc) is 2.08. The number of alkyl carbamates (subject to hydrolysis) is 1. The van der Waals surface area contributed by atoms with Crippen LogP contribution < -0.4 is 5.32 Å². The van der Waals surface area contributed by atoms with Crippen LogP contribution in [0, 0.1) is 0 Å². The van der Waals surface area contributed by atoms with Gasteiger partial charge in [0.2, 0.25) is 0 Å². The predicted octanol–water partition coefficient (Wildman–Crippen LogP) is 2.06. The van der Waals surface area contributed by atoms with Crippen molar-refractivity contribution in [3.8, 4) is 0 Å². The fourth-order valence-corrected chi connectivity index (χ4v) is 1.07. The highest BCUT2D eigenvalue weighted by Gasteiger charge is 2.13. The molecule has 0 radical (unpaired) electrons. The SMILES string of the molecule is CC(C)(C)NC(=O)OCCCCCCO. The predicted molar refractivity (Wildman–Crippen MR) is 59.8 cm³/mol. The number of aliphatic hydroxyl groups excluding tert-OH is 1. The molecule has 0 aromatic rings. The van der Waals surface area contributed by atoms with E-state index >= 15 is 0 Å². The third-order valence-electron chi connectivity index (χ3n) is 1.76. The summed E-state index contributed by atoms with van der Waals surface area (Å²) in [6, 6.07) is 0. The molecule has 1 amide bonds. The van der Waals surface area contributed by atoms with Crippen molar-refractivity contribution in [2.24, 2.45) is 0 Å². The minimum absolute atomic E-state index is 0.241. The summed E-state index contributed by atoms with van der Waals surface area (Å²) in [7, 11) is 0. The molecule has 2 N–H and O–H groups in total. The van der Waals surface area contributed by atoms with Crippen molar-refractivity contribution < 1.29 is 14.6 Å². The number of amides is 1. The number of aliphatic hydroxyl groups is 1. The van der Waals surface area contributed by atoms with Crippen LogP contribution in [0.1, 0.15) is 46.5 Å².